The van der Waals surface area contributed by atoms with Gasteiger partial charge in [0.2, 0.25) is 0 Å². The number of carbonyl (C=O) groups excluding carboxylic acids is 1. The Hall–Kier alpha value is -2.53. The van der Waals surface area contributed by atoms with Crippen molar-refractivity contribution in [2.45, 2.75) is 26.0 Å². The molecule has 2 aromatic carbocycles. The number of phenols is 1. The van der Waals surface area contributed by atoms with Crippen molar-refractivity contribution in [3.63, 3.8) is 0 Å². The van der Waals surface area contributed by atoms with Gasteiger partial charge >= 0.3 is 5.97 Å². The van der Waals surface area contributed by atoms with Crippen LogP contribution in [-0.4, -0.2) is 24.2 Å². The van der Waals surface area contributed by atoms with Crippen LogP contribution >= 0.6 is 0 Å². The van der Waals surface area contributed by atoms with Gasteiger partial charge < -0.3 is 19.9 Å². The van der Waals surface area contributed by atoms with Crippen LogP contribution in [0.3, 0.4) is 0 Å². The summed E-state index contributed by atoms with van der Waals surface area (Å²) in [6.07, 6.45) is 0.592. The first-order valence-corrected chi connectivity index (χ1v) is 8.03. The third-order valence-corrected chi connectivity index (χ3v) is 4.05. The molecule has 1 aliphatic rings. The van der Waals surface area contributed by atoms with Crippen LogP contribution < -0.4 is 10.1 Å². The molecule has 1 atom stereocenters. The van der Waals surface area contributed by atoms with Gasteiger partial charge in [-0.3, -0.25) is 4.79 Å². The summed E-state index contributed by atoms with van der Waals surface area (Å²) >= 11 is 0. The van der Waals surface area contributed by atoms with E-state index in [1.54, 1.807) is 24.3 Å². The van der Waals surface area contributed by atoms with E-state index >= 15 is 0 Å². The molecule has 2 aromatic rings. The van der Waals surface area contributed by atoms with Crippen LogP contribution in [0.5, 0.6) is 11.5 Å². The number of rotatable bonds is 5. The summed E-state index contributed by atoms with van der Waals surface area (Å²) in [6, 6.07) is 12.8. The molecule has 0 saturated carbocycles. The number of esters is 1. The molecule has 2 N–H and O–H groups in total. The predicted molar refractivity (Wildman–Crippen MR) is 90.0 cm³/mol. The molecule has 0 radical (unpaired) electrons. The number of carbonyl (C=O) groups is 1. The van der Waals surface area contributed by atoms with Gasteiger partial charge in [0.15, 0.2) is 6.10 Å². The van der Waals surface area contributed by atoms with E-state index in [4.69, 9.17) is 9.47 Å². The van der Waals surface area contributed by atoms with E-state index in [0.717, 1.165) is 30.8 Å². The predicted octanol–water partition coefficient (Wildman–Crippen LogP) is 2.72. The zero-order chi connectivity index (χ0) is 16.9. The van der Waals surface area contributed by atoms with Gasteiger partial charge in [-0.2, -0.15) is 0 Å². The molecule has 24 heavy (non-hydrogen) atoms. The van der Waals surface area contributed by atoms with Crippen LogP contribution in [0.15, 0.2) is 42.5 Å². The molecule has 126 valence electrons. The molecule has 0 aliphatic carbocycles. The third-order valence-electron chi connectivity index (χ3n) is 4.05. The monoisotopic (exact) mass is 327 g/mol. The fourth-order valence-electron chi connectivity index (χ4n) is 2.77. The number of hydrogen-bond donors (Lipinski definition) is 2. The Kier molecular flexibility index (Phi) is 5.01. The van der Waals surface area contributed by atoms with Gasteiger partial charge in [0.1, 0.15) is 18.1 Å². The van der Waals surface area contributed by atoms with Crippen molar-refractivity contribution in [2.75, 3.05) is 13.2 Å². The van der Waals surface area contributed by atoms with Crippen molar-refractivity contribution in [1.29, 1.82) is 0 Å². The summed E-state index contributed by atoms with van der Waals surface area (Å²) in [5.74, 6) is 0.574. The smallest absolute Gasteiger partial charge is 0.302 e. The first kappa shape index (κ1) is 16.3. The Morgan fingerprint density at radius 1 is 1.21 bits per heavy atom. The van der Waals surface area contributed by atoms with Crippen LogP contribution in [0.2, 0.25) is 0 Å². The maximum absolute atomic E-state index is 11.2. The molecule has 0 fully saturated rings. The topological polar surface area (TPSA) is 67.8 Å². The van der Waals surface area contributed by atoms with Crippen molar-refractivity contribution in [1.82, 2.24) is 5.32 Å². The number of hydrogen-bond acceptors (Lipinski definition) is 5. The van der Waals surface area contributed by atoms with Crippen molar-refractivity contribution >= 4 is 5.97 Å². The largest absolute Gasteiger partial charge is 0.508 e. The van der Waals surface area contributed by atoms with Gasteiger partial charge in [0, 0.05) is 13.5 Å². The molecule has 0 aromatic heterocycles. The van der Waals surface area contributed by atoms with Crippen LogP contribution in [0, 0.1) is 0 Å². The average Bonchev–Trinajstić information content (AvgIpc) is 2.59. The molecular weight excluding hydrogens is 306 g/mol. The summed E-state index contributed by atoms with van der Waals surface area (Å²) in [7, 11) is 0. The second-order valence-corrected chi connectivity index (χ2v) is 5.86. The highest BCUT2D eigenvalue weighted by molar-refractivity contribution is 5.65. The Labute approximate surface area is 141 Å². The molecule has 3 rings (SSSR count). The van der Waals surface area contributed by atoms with E-state index in [2.05, 4.69) is 11.4 Å². The zero-order valence-corrected chi connectivity index (χ0v) is 13.6. The van der Waals surface area contributed by atoms with Crippen LogP contribution in [0.25, 0.3) is 0 Å². The molecule has 5 nitrogen and oxygen atoms in total. The third kappa shape index (κ3) is 4.06. The molecule has 1 unspecified atom stereocenters. The molecule has 0 bridgehead atoms. The normalized spacial score (nSPS) is 14.5. The van der Waals surface area contributed by atoms with Crippen molar-refractivity contribution in [2.24, 2.45) is 0 Å². The first-order chi connectivity index (χ1) is 11.6. The van der Waals surface area contributed by atoms with Gasteiger partial charge in [-0.1, -0.05) is 18.2 Å². The lowest BCUT2D eigenvalue weighted by Gasteiger charge is -2.22. The lowest BCUT2D eigenvalue weighted by molar-refractivity contribution is -0.143. The van der Waals surface area contributed by atoms with Crippen LogP contribution in [0.1, 0.15) is 29.7 Å². The highest BCUT2D eigenvalue weighted by Crippen LogP contribution is 2.27. The van der Waals surface area contributed by atoms with E-state index in [1.807, 2.05) is 12.1 Å². The zero-order valence-electron chi connectivity index (χ0n) is 13.6. The second kappa shape index (κ2) is 7.36. The summed E-state index contributed by atoms with van der Waals surface area (Å²) in [4.78, 5) is 11.2. The summed E-state index contributed by atoms with van der Waals surface area (Å²) in [5, 5.41) is 12.8. The number of fused-ring (bicyclic) bond motifs is 1. The van der Waals surface area contributed by atoms with Gasteiger partial charge in [-0.15, -0.1) is 0 Å². The lowest BCUT2D eigenvalue weighted by atomic mass is 10.0. The number of benzene rings is 2. The van der Waals surface area contributed by atoms with E-state index < -0.39 is 6.10 Å². The van der Waals surface area contributed by atoms with E-state index in [1.165, 1.54) is 18.1 Å². The van der Waals surface area contributed by atoms with Crippen LogP contribution in [0.4, 0.5) is 0 Å². The standard InChI is InChI=1S/C19H21NO4/c1-13(21)23-12-19(15-2-5-17(22)6-3-15)24-18-7-4-14-8-9-20-11-16(14)10-18/h2-7,10,19-20,22H,8-9,11-12H2,1H3. The molecule has 1 heterocycles. The van der Waals surface area contributed by atoms with Crippen LogP contribution in [-0.2, 0) is 22.5 Å². The number of phenolic OH excluding ortho intramolecular Hbond substituents is 1. The van der Waals surface area contributed by atoms with Gasteiger partial charge in [-0.25, -0.2) is 0 Å². The molecule has 5 heteroatoms. The minimum atomic E-state index is -0.427. The van der Waals surface area contributed by atoms with Crippen molar-refractivity contribution < 1.29 is 19.4 Å². The van der Waals surface area contributed by atoms with E-state index in [9.17, 15) is 9.90 Å². The molecule has 0 saturated heterocycles. The molecular formula is C19H21NO4. The minimum Gasteiger partial charge on any atom is -0.508 e. The average molecular weight is 327 g/mol. The number of nitrogens with one attached hydrogen (secondary N) is 1. The van der Waals surface area contributed by atoms with E-state index in [-0.39, 0.29) is 18.3 Å². The quantitative estimate of drug-likeness (QED) is 0.827. The minimum absolute atomic E-state index is 0.120. The molecule has 0 spiro atoms. The Bertz CT molecular complexity index is 712. The summed E-state index contributed by atoms with van der Waals surface area (Å²) in [5.41, 5.74) is 3.41. The maximum Gasteiger partial charge on any atom is 0.302 e. The highest BCUT2D eigenvalue weighted by Gasteiger charge is 2.17. The van der Waals surface area contributed by atoms with Gasteiger partial charge in [-0.05, 0) is 53.9 Å². The van der Waals surface area contributed by atoms with Gasteiger partial charge in [0.05, 0.1) is 0 Å². The van der Waals surface area contributed by atoms with Gasteiger partial charge in [0.25, 0.3) is 0 Å². The highest BCUT2D eigenvalue weighted by atomic mass is 16.6. The Balaban J connectivity index is 1.80. The van der Waals surface area contributed by atoms with Crippen molar-refractivity contribution in [3.8, 4) is 11.5 Å². The lowest BCUT2D eigenvalue weighted by Crippen LogP contribution is -2.23. The van der Waals surface area contributed by atoms with Crippen molar-refractivity contribution in [3.05, 3.63) is 59.2 Å². The fourth-order valence-corrected chi connectivity index (χ4v) is 2.77. The first-order valence-electron chi connectivity index (χ1n) is 8.03. The fraction of sp³-hybridized carbons (Fsp3) is 0.316. The maximum atomic E-state index is 11.2. The summed E-state index contributed by atoms with van der Waals surface area (Å²) < 4.78 is 11.2. The SMILES string of the molecule is CC(=O)OCC(Oc1ccc2c(c1)CNCC2)c1ccc(O)cc1. The summed E-state index contributed by atoms with van der Waals surface area (Å²) in [6.45, 7) is 3.32. The Morgan fingerprint density at radius 2 is 2.00 bits per heavy atom. The number of ether oxygens (including phenoxy) is 2. The number of aromatic hydroxyl groups is 1. The molecule has 0 amide bonds. The van der Waals surface area contributed by atoms with E-state index in [0.29, 0.717) is 0 Å². The molecule has 1 aliphatic heterocycles. The Morgan fingerprint density at radius 3 is 2.75 bits per heavy atom. The second-order valence-electron chi connectivity index (χ2n) is 5.86.